The van der Waals surface area contributed by atoms with Crippen molar-refractivity contribution in [1.29, 1.82) is 10.8 Å². The van der Waals surface area contributed by atoms with Crippen LogP contribution in [0.2, 0.25) is 0 Å². The molecule has 0 aromatic rings. The number of hydrogen-bond acceptors (Lipinski definition) is 15. The summed E-state index contributed by atoms with van der Waals surface area (Å²) >= 11 is 0. The highest BCUT2D eigenvalue weighted by atomic mass is 16.4. The number of nitrogens with zero attached hydrogens (tertiary/aromatic N) is 1. The largest absolute Gasteiger partial charge is 0.480 e. The Balaban J connectivity index is 3.14. The van der Waals surface area contributed by atoms with Crippen LogP contribution >= 0.6 is 0 Å². The standard InChI is InChI=1S/C35H64N14O13/c1-16(2)24(36)31(59)44-18(7-4-10-41-34(37)38)26(54)45-21(14-51)29(57)47-22(15-52)30(58)46-20(13-50)28(56)43-19(8-5-11-42-35(39)40)27(55)48-25(17(3)53)32(60)49-12-6-9-23(49)33(61)62/h16-25,50-53H,4-15,36H2,1-3H3,(H,43,56)(H,44,59)(H,45,54)(H,46,58)(H,47,57)(H,48,55)(H,61,62)(H4,37,38,41)(H4,39,40,42). The Morgan fingerprint density at radius 1 is 0.645 bits per heavy atom. The maximum absolute atomic E-state index is 13.5. The number of nitrogens with one attached hydrogen (secondary N) is 10. The Bertz CT molecular complexity index is 1590. The monoisotopic (exact) mass is 888 g/mol. The van der Waals surface area contributed by atoms with Crippen LogP contribution in [0, 0.1) is 16.7 Å². The van der Waals surface area contributed by atoms with E-state index in [9.17, 15) is 63.9 Å². The molecule has 9 atom stereocenters. The number of aliphatic hydroxyl groups excluding tert-OH is 4. The van der Waals surface area contributed by atoms with E-state index >= 15 is 0 Å². The van der Waals surface area contributed by atoms with Crippen LogP contribution in [0.4, 0.5) is 0 Å². The molecule has 62 heavy (non-hydrogen) atoms. The lowest BCUT2D eigenvalue weighted by Gasteiger charge is -2.30. The van der Waals surface area contributed by atoms with E-state index in [1.165, 1.54) is 6.92 Å². The third-order valence-electron chi connectivity index (χ3n) is 9.57. The quantitative estimate of drug-likeness (QED) is 0.0207. The van der Waals surface area contributed by atoms with Crippen molar-refractivity contribution in [1.82, 2.24) is 47.4 Å². The summed E-state index contributed by atoms with van der Waals surface area (Å²) in [6, 6.07) is -12.1. The van der Waals surface area contributed by atoms with Gasteiger partial charge in [0.2, 0.25) is 41.4 Å². The van der Waals surface area contributed by atoms with E-state index in [1.807, 2.05) is 0 Å². The molecule has 352 valence electrons. The predicted octanol–water partition coefficient (Wildman–Crippen LogP) is -8.16. The van der Waals surface area contributed by atoms with Crippen molar-refractivity contribution >= 4 is 59.2 Å². The maximum atomic E-state index is 13.5. The summed E-state index contributed by atoms with van der Waals surface area (Å²) in [4.78, 5) is 105. The first-order valence-electron chi connectivity index (χ1n) is 19.9. The minimum absolute atomic E-state index is 0.0301. The van der Waals surface area contributed by atoms with E-state index < -0.39 is 128 Å². The number of amides is 7. The summed E-state index contributed by atoms with van der Waals surface area (Å²) in [5.41, 5.74) is 16.5. The molecule has 0 bridgehead atoms. The number of aliphatic hydroxyl groups is 4. The second kappa shape index (κ2) is 27.1. The lowest BCUT2D eigenvalue weighted by molar-refractivity contribution is -0.150. The van der Waals surface area contributed by atoms with Gasteiger partial charge in [-0.2, -0.15) is 0 Å². The van der Waals surface area contributed by atoms with Crippen molar-refractivity contribution in [2.45, 2.75) is 114 Å². The number of carboxylic acids is 1. The molecule has 1 heterocycles. The number of likely N-dealkylation sites (tertiary alicyclic amines) is 1. The van der Waals surface area contributed by atoms with E-state index in [4.69, 9.17) is 28.0 Å². The van der Waals surface area contributed by atoms with Crippen LogP contribution in [-0.2, 0) is 38.4 Å². The Morgan fingerprint density at radius 3 is 1.37 bits per heavy atom. The van der Waals surface area contributed by atoms with E-state index in [-0.39, 0.29) is 63.6 Å². The van der Waals surface area contributed by atoms with Gasteiger partial charge in [0.25, 0.3) is 0 Å². The zero-order chi connectivity index (χ0) is 47.3. The van der Waals surface area contributed by atoms with Crippen LogP contribution < -0.4 is 59.7 Å². The Hall–Kier alpha value is -5.90. The zero-order valence-electron chi connectivity index (χ0n) is 34.9. The van der Waals surface area contributed by atoms with Crippen LogP contribution in [0.3, 0.4) is 0 Å². The molecule has 0 aromatic carbocycles. The summed E-state index contributed by atoms with van der Waals surface area (Å²) in [5, 5.41) is 83.2. The van der Waals surface area contributed by atoms with Crippen molar-refractivity contribution in [2.75, 3.05) is 39.5 Å². The van der Waals surface area contributed by atoms with Gasteiger partial charge in [-0.25, -0.2) is 4.79 Å². The van der Waals surface area contributed by atoms with Gasteiger partial charge in [-0.15, -0.1) is 0 Å². The molecule has 1 aliphatic heterocycles. The molecular weight excluding hydrogens is 824 g/mol. The third kappa shape index (κ3) is 18.0. The van der Waals surface area contributed by atoms with Crippen molar-refractivity contribution in [2.24, 2.45) is 23.1 Å². The van der Waals surface area contributed by atoms with Crippen LogP contribution in [0.15, 0.2) is 0 Å². The second-order valence-corrected chi connectivity index (χ2v) is 14.8. The fourth-order valence-electron chi connectivity index (χ4n) is 5.95. The average molecular weight is 889 g/mol. The van der Waals surface area contributed by atoms with Crippen LogP contribution in [0.5, 0.6) is 0 Å². The number of carbonyl (C=O) groups excluding carboxylic acids is 7. The Labute approximate surface area is 357 Å². The molecule has 0 aromatic heterocycles. The SMILES string of the molecule is CC(C)C(N)C(=O)NC(CCCNC(=N)N)C(=O)NC(CO)C(=O)NC(CO)C(=O)NC(CO)C(=O)NC(CCCNC(=N)N)C(=O)NC(C(=O)N1CCCC1C(=O)O)C(C)O. The van der Waals surface area contributed by atoms with Gasteiger partial charge in [0.15, 0.2) is 11.9 Å². The minimum Gasteiger partial charge on any atom is -0.480 e. The highest BCUT2D eigenvalue weighted by Gasteiger charge is 2.40. The van der Waals surface area contributed by atoms with Crippen molar-refractivity contribution < 1.29 is 63.9 Å². The molecule has 0 radical (unpaired) electrons. The van der Waals surface area contributed by atoms with Gasteiger partial charge in [0, 0.05) is 19.6 Å². The summed E-state index contributed by atoms with van der Waals surface area (Å²) in [6.45, 7) is 1.55. The molecular formula is C35H64N14O13. The van der Waals surface area contributed by atoms with Crippen LogP contribution in [0.1, 0.15) is 59.3 Å². The van der Waals surface area contributed by atoms with Gasteiger partial charge in [-0.05, 0) is 51.4 Å². The highest BCUT2D eigenvalue weighted by molar-refractivity contribution is 5.98. The molecule has 0 saturated carbocycles. The van der Waals surface area contributed by atoms with E-state index in [1.54, 1.807) is 13.8 Å². The lowest BCUT2D eigenvalue weighted by Crippen LogP contribution is -2.62. The number of nitrogens with two attached hydrogens (primary N) is 3. The van der Waals surface area contributed by atoms with Gasteiger partial charge in [0.05, 0.1) is 32.0 Å². The molecule has 1 rings (SSSR count). The van der Waals surface area contributed by atoms with Crippen LogP contribution in [0.25, 0.3) is 0 Å². The number of carbonyl (C=O) groups is 8. The van der Waals surface area contributed by atoms with Gasteiger partial charge < -0.3 is 90.2 Å². The van der Waals surface area contributed by atoms with Crippen molar-refractivity contribution in [3.05, 3.63) is 0 Å². The first kappa shape index (κ1) is 54.1. The summed E-state index contributed by atoms with van der Waals surface area (Å²) in [6.07, 6.45) is -0.963. The summed E-state index contributed by atoms with van der Waals surface area (Å²) in [7, 11) is 0. The lowest BCUT2D eigenvalue weighted by atomic mass is 10.0. The van der Waals surface area contributed by atoms with Crippen LogP contribution in [-0.4, -0.2) is 184 Å². The van der Waals surface area contributed by atoms with Crippen molar-refractivity contribution in [3.8, 4) is 0 Å². The average Bonchev–Trinajstić information content (AvgIpc) is 3.71. The van der Waals surface area contributed by atoms with Gasteiger partial charge in [0.1, 0.15) is 42.3 Å². The maximum Gasteiger partial charge on any atom is 0.326 e. The molecule has 7 amide bonds. The number of carboxylic acid groups (broad SMARTS) is 1. The van der Waals surface area contributed by atoms with E-state index in [2.05, 4.69) is 42.5 Å². The second-order valence-electron chi connectivity index (χ2n) is 14.8. The molecule has 1 fully saturated rings. The van der Waals surface area contributed by atoms with Gasteiger partial charge in [-0.1, -0.05) is 13.8 Å². The Kier molecular flexibility index (Phi) is 23.7. The van der Waals surface area contributed by atoms with Gasteiger partial charge >= 0.3 is 5.97 Å². The molecule has 9 unspecified atom stereocenters. The number of aliphatic carboxylic acids is 1. The molecule has 27 heteroatoms. The predicted molar refractivity (Wildman–Crippen MR) is 218 cm³/mol. The van der Waals surface area contributed by atoms with E-state index in [0.717, 1.165) is 4.90 Å². The van der Waals surface area contributed by atoms with Crippen molar-refractivity contribution in [3.63, 3.8) is 0 Å². The van der Waals surface area contributed by atoms with E-state index in [0.29, 0.717) is 6.42 Å². The first-order chi connectivity index (χ1) is 29.1. The molecule has 0 aliphatic carbocycles. The third-order valence-corrected chi connectivity index (χ3v) is 9.57. The smallest absolute Gasteiger partial charge is 0.326 e. The normalized spacial score (nSPS) is 17.4. The summed E-state index contributed by atoms with van der Waals surface area (Å²) in [5.74, 6) is -9.46. The highest BCUT2D eigenvalue weighted by Crippen LogP contribution is 2.19. The molecule has 1 aliphatic rings. The Morgan fingerprint density at radius 2 is 1.02 bits per heavy atom. The first-order valence-corrected chi connectivity index (χ1v) is 19.9. The van der Waals surface area contributed by atoms with Gasteiger partial charge in [-0.3, -0.25) is 44.4 Å². The fraction of sp³-hybridized carbons (Fsp3) is 0.714. The topological polar surface area (TPSA) is 463 Å². The number of hydrogen-bond donors (Lipinski definition) is 18. The molecule has 21 N–H and O–H groups in total. The zero-order valence-corrected chi connectivity index (χ0v) is 34.9. The minimum atomic E-state index is -1.85. The fourth-order valence-corrected chi connectivity index (χ4v) is 5.95. The molecule has 1 saturated heterocycles. The number of rotatable bonds is 27. The summed E-state index contributed by atoms with van der Waals surface area (Å²) < 4.78 is 0. The molecule has 27 nitrogen and oxygen atoms in total. The molecule has 0 spiro atoms. The number of guanidine groups is 2.